The molecule has 0 aromatic heterocycles. The number of carboxylic acid groups (broad SMARTS) is 1. The third-order valence-electron chi connectivity index (χ3n) is 6.98. The molecule has 1 aromatic carbocycles. The second-order valence-electron chi connectivity index (χ2n) is 10.5. The number of methoxy groups -OCH3 is 1. The van der Waals surface area contributed by atoms with Gasteiger partial charge in [0.25, 0.3) is 11.6 Å². The van der Waals surface area contributed by atoms with Crippen molar-refractivity contribution in [2.24, 2.45) is 11.5 Å². The van der Waals surface area contributed by atoms with Gasteiger partial charge in [-0.1, -0.05) is 0 Å². The average molecular weight is 608 g/mol. The molecule has 2 amide bonds. The second-order valence-corrected chi connectivity index (χ2v) is 10.5. The highest BCUT2D eigenvalue weighted by atomic mass is 16.6. The summed E-state index contributed by atoms with van der Waals surface area (Å²) < 4.78 is 10.4. The van der Waals surface area contributed by atoms with Gasteiger partial charge in [-0.25, -0.2) is 4.79 Å². The molecule has 5 N–H and O–H groups in total. The quantitative estimate of drug-likeness (QED) is 0.148. The number of nitro groups is 1. The molecule has 1 unspecified atom stereocenters. The highest BCUT2D eigenvalue weighted by Crippen LogP contribution is 2.33. The van der Waals surface area contributed by atoms with Crippen LogP contribution < -0.4 is 16.2 Å². The molecule has 0 saturated carbocycles. The van der Waals surface area contributed by atoms with E-state index in [2.05, 4.69) is 0 Å². The smallest absolute Gasteiger partial charge is 0.417 e. The number of carbonyl (C=O) groups is 6. The molecule has 0 aliphatic carbocycles. The number of nitrogens with zero attached hydrogens (tertiary/aromatic N) is 3. The van der Waals surface area contributed by atoms with Gasteiger partial charge in [0.1, 0.15) is 11.9 Å². The number of benzene rings is 1. The molecule has 1 fully saturated rings. The van der Waals surface area contributed by atoms with Gasteiger partial charge in [0.15, 0.2) is 17.3 Å². The number of aliphatic carboxylic acids is 1. The van der Waals surface area contributed by atoms with Crippen molar-refractivity contribution in [3.8, 4) is 5.75 Å². The van der Waals surface area contributed by atoms with Crippen LogP contribution in [0.25, 0.3) is 0 Å². The van der Waals surface area contributed by atoms with Gasteiger partial charge < -0.3 is 30.9 Å². The van der Waals surface area contributed by atoms with Crippen molar-refractivity contribution in [1.82, 2.24) is 9.80 Å². The number of amides is 2. The van der Waals surface area contributed by atoms with Crippen LogP contribution in [-0.4, -0.2) is 105 Å². The molecule has 1 aromatic rings. The van der Waals surface area contributed by atoms with E-state index in [0.29, 0.717) is 4.90 Å². The molecule has 16 heteroatoms. The van der Waals surface area contributed by atoms with Gasteiger partial charge in [-0.2, -0.15) is 0 Å². The van der Waals surface area contributed by atoms with Crippen LogP contribution in [0.3, 0.4) is 0 Å². The van der Waals surface area contributed by atoms with Crippen LogP contribution in [0, 0.1) is 10.1 Å². The molecule has 1 heterocycles. The molecule has 43 heavy (non-hydrogen) atoms. The van der Waals surface area contributed by atoms with Crippen molar-refractivity contribution in [2.45, 2.75) is 82.8 Å². The Labute approximate surface area is 247 Å². The molecule has 0 radical (unpaired) electrons. The second kappa shape index (κ2) is 14.3. The van der Waals surface area contributed by atoms with Crippen molar-refractivity contribution < 1.29 is 48.3 Å². The van der Waals surface area contributed by atoms with Crippen molar-refractivity contribution in [3.63, 3.8) is 0 Å². The maximum absolute atomic E-state index is 14.6. The van der Waals surface area contributed by atoms with E-state index in [1.807, 2.05) is 0 Å². The highest BCUT2D eigenvalue weighted by Gasteiger charge is 2.63. The molecule has 0 spiro atoms. The Balaban J connectivity index is 2.74. The number of likely N-dealkylation sites (tertiary alicyclic amines) is 1. The lowest BCUT2D eigenvalue weighted by Gasteiger charge is -2.45. The summed E-state index contributed by atoms with van der Waals surface area (Å²) in [5.74, 6) is -5.91. The first-order valence-corrected chi connectivity index (χ1v) is 13.5. The summed E-state index contributed by atoms with van der Waals surface area (Å²) in [7, 11) is 1.12. The molecule has 1 aliphatic rings. The molecular weight excluding hydrogens is 570 g/mol. The van der Waals surface area contributed by atoms with Crippen LogP contribution in [0.5, 0.6) is 5.75 Å². The predicted octanol–water partition coefficient (Wildman–Crippen LogP) is 0.425. The van der Waals surface area contributed by atoms with Crippen molar-refractivity contribution in [1.29, 1.82) is 0 Å². The summed E-state index contributed by atoms with van der Waals surface area (Å²) in [5, 5.41) is 20.2. The Morgan fingerprint density at radius 2 is 1.60 bits per heavy atom. The zero-order chi connectivity index (χ0) is 32.8. The minimum absolute atomic E-state index is 0.0293. The van der Waals surface area contributed by atoms with Gasteiger partial charge in [0, 0.05) is 31.8 Å². The number of nitrogens with two attached hydrogens (primary N) is 2. The number of ketones is 3. The van der Waals surface area contributed by atoms with E-state index in [4.69, 9.17) is 20.9 Å². The third kappa shape index (κ3) is 7.21. The number of hydrogen-bond donors (Lipinski definition) is 3. The zero-order valence-corrected chi connectivity index (χ0v) is 24.6. The van der Waals surface area contributed by atoms with Crippen molar-refractivity contribution in [3.05, 3.63) is 34.4 Å². The van der Waals surface area contributed by atoms with Crippen LogP contribution in [-0.2, 0) is 28.7 Å². The van der Waals surface area contributed by atoms with Crippen molar-refractivity contribution in [2.75, 3.05) is 13.7 Å². The van der Waals surface area contributed by atoms with E-state index in [0.717, 1.165) is 36.3 Å². The number of hydrogen-bond acceptors (Lipinski definition) is 12. The first-order valence-electron chi connectivity index (χ1n) is 13.5. The fourth-order valence-electron chi connectivity index (χ4n) is 5.06. The van der Waals surface area contributed by atoms with Gasteiger partial charge in [-0.3, -0.25) is 39.0 Å². The fraction of sp³-hybridized carbons (Fsp3) is 0.556. The summed E-state index contributed by atoms with van der Waals surface area (Å²) >= 11 is 0. The number of nitro benzene ring substituents is 1. The number of ether oxygens (including phenoxy) is 2. The van der Waals surface area contributed by atoms with E-state index in [9.17, 15) is 44.0 Å². The minimum atomic E-state index is -2.96. The Hall–Kier alpha value is -4.28. The number of Topliss-reactive ketones (excluding diaryl/α,β-unsaturated/α-hetero) is 3. The number of rotatable bonds is 14. The van der Waals surface area contributed by atoms with Crippen LogP contribution in [0.1, 0.15) is 47.0 Å². The maximum atomic E-state index is 14.6. The number of carbonyl (C=O) groups excluding carboxylic acids is 5. The van der Waals surface area contributed by atoms with E-state index in [1.165, 1.54) is 27.7 Å². The van der Waals surface area contributed by atoms with Crippen LogP contribution in [0.4, 0.5) is 10.5 Å². The Bertz CT molecular complexity index is 1240. The molecule has 2 rings (SSSR count). The lowest BCUT2D eigenvalue weighted by atomic mass is 9.74. The van der Waals surface area contributed by atoms with Crippen LogP contribution in [0.15, 0.2) is 24.3 Å². The first kappa shape index (κ1) is 34.9. The van der Waals surface area contributed by atoms with Gasteiger partial charge in [0.05, 0.1) is 29.5 Å². The standard InChI is InChI=1S/C27H37N5O11/c1-14(2)31(26(39)43-18-10-8-17(9-11-18)32(40)41)27(22(35)15(3)28,23(36)16(4)29)24(37)19-7-6-12-30(19)25(38)20(42-5)13-21(33)34/h8-11,14-16,19-20H,6-7,12-13,28-29H2,1-5H3,(H,33,34)/t15-,16-,19-,20?/m0/s1. The van der Waals surface area contributed by atoms with Gasteiger partial charge in [-0.15, -0.1) is 0 Å². The minimum Gasteiger partial charge on any atom is -0.481 e. The topological polar surface area (TPSA) is 243 Å². The van der Waals surface area contributed by atoms with Gasteiger partial charge in [-0.05, 0) is 52.7 Å². The average Bonchev–Trinajstić information content (AvgIpc) is 3.42. The molecule has 1 saturated heterocycles. The first-order chi connectivity index (χ1) is 20.0. The lowest BCUT2D eigenvalue weighted by Crippen LogP contribution is -2.75. The van der Waals surface area contributed by atoms with E-state index >= 15 is 0 Å². The maximum Gasteiger partial charge on any atom is 0.417 e. The van der Waals surface area contributed by atoms with Crippen LogP contribution >= 0.6 is 0 Å². The Morgan fingerprint density at radius 3 is 2.02 bits per heavy atom. The Morgan fingerprint density at radius 1 is 1.07 bits per heavy atom. The Kier molecular flexibility index (Phi) is 11.6. The van der Waals surface area contributed by atoms with E-state index < -0.39 is 82.5 Å². The molecule has 16 nitrogen and oxygen atoms in total. The normalized spacial score (nSPS) is 17.1. The molecule has 4 atom stereocenters. The molecule has 236 valence electrons. The highest BCUT2D eigenvalue weighted by molar-refractivity contribution is 6.34. The number of carboxylic acids is 1. The summed E-state index contributed by atoms with van der Waals surface area (Å²) in [4.78, 5) is 93.0. The van der Waals surface area contributed by atoms with E-state index in [1.54, 1.807) is 0 Å². The van der Waals surface area contributed by atoms with Crippen molar-refractivity contribution >= 4 is 41.0 Å². The predicted molar refractivity (Wildman–Crippen MR) is 149 cm³/mol. The van der Waals surface area contributed by atoms with E-state index in [-0.39, 0.29) is 30.8 Å². The summed E-state index contributed by atoms with van der Waals surface area (Å²) in [6.07, 6.45) is -3.30. The largest absolute Gasteiger partial charge is 0.481 e. The molecule has 0 bridgehead atoms. The lowest BCUT2D eigenvalue weighted by molar-refractivity contribution is -0.384. The van der Waals surface area contributed by atoms with Crippen LogP contribution in [0.2, 0.25) is 0 Å². The fourth-order valence-corrected chi connectivity index (χ4v) is 5.06. The summed E-state index contributed by atoms with van der Waals surface area (Å²) in [6, 6.07) is -1.14. The molecular formula is C27H37N5O11. The van der Waals surface area contributed by atoms with Gasteiger partial charge >= 0.3 is 12.1 Å². The third-order valence-corrected chi connectivity index (χ3v) is 6.98. The van der Waals surface area contributed by atoms with Gasteiger partial charge in [0.2, 0.25) is 5.54 Å². The summed E-state index contributed by atoms with van der Waals surface area (Å²) in [5.41, 5.74) is 8.64. The SMILES string of the molecule is COC(CC(=O)O)C(=O)N1CCC[C@H]1C(=O)C(C(=O)[C@H](C)N)(C(=O)[C@H](C)N)N(C(=O)Oc1ccc([N+](=O)[O-])cc1)C(C)C. The summed E-state index contributed by atoms with van der Waals surface area (Å²) in [6.45, 7) is 5.22. The monoisotopic (exact) mass is 607 g/mol. The zero-order valence-electron chi connectivity index (χ0n) is 24.6. The number of non-ortho nitro benzene ring substituents is 1. The molecule has 1 aliphatic heterocycles.